The molecule has 1 atom stereocenters. The number of carbonyl (C=O) groups excluding carboxylic acids is 2. The van der Waals surface area contributed by atoms with Crippen LogP contribution in [-0.4, -0.2) is 86.5 Å². The molecule has 1 saturated heterocycles. The molecule has 0 radical (unpaired) electrons. The Bertz CT molecular complexity index is 1100. The molecular weight excluding hydrogens is 474 g/mol. The number of hydrogen-bond donors (Lipinski definition) is 0. The zero-order valence-corrected chi connectivity index (χ0v) is 22.5. The first-order chi connectivity index (χ1) is 17.2. The summed E-state index contributed by atoms with van der Waals surface area (Å²) in [6, 6.07) is 16.7. The summed E-state index contributed by atoms with van der Waals surface area (Å²) < 4.78 is 23.4. The van der Waals surface area contributed by atoms with E-state index in [1.54, 1.807) is 17.0 Å². The van der Waals surface area contributed by atoms with Crippen molar-refractivity contribution >= 4 is 21.7 Å². The number of benzene rings is 2. The van der Waals surface area contributed by atoms with Crippen LogP contribution in [0.15, 0.2) is 59.5 Å². The molecule has 2 amide bonds. The summed E-state index contributed by atoms with van der Waals surface area (Å²) in [6.07, 6.45) is 4.36. The lowest BCUT2D eigenvalue weighted by atomic mass is 10.1. The lowest BCUT2D eigenvalue weighted by Crippen LogP contribution is -2.37. The van der Waals surface area contributed by atoms with Gasteiger partial charge in [0.2, 0.25) is 5.91 Å². The second kappa shape index (κ2) is 13.0. The van der Waals surface area contributed by atoms with E-state index >= 15 is 0 Å². The van der Waals surface area contributed by atoms with Crippen LogP contribution >= 0.6 is 0 Å². The quantitative estimate of drug-likeness (QED) is 0.430. The van der Waals surface area contributed by atoms with E-state index in [1.165, 1.54) is 6.26 Å². The van der Waals surface area contributed by atoms with Gasteiger partial charge in [0.25, 0.3) is 5.91 Å². The Kier molecular flexibility index (Phi) is 10.1. The fraction of sp³-hybridized carbons (Fsp3) is 0.500. The number of unbranched alkanes of at least 4 members (excludes halogenated alkanes) is 1. The minimum absolute atomic E-state index is 0.0104. The molecule has 0 spiro atoms. The fourth-order valence-corrected chi connectivity index (χ4v) is 5.35. The van der Waals surface area contributed by atoms with Gasteiger partial charge in [-0.05, 0) is 69.1 Å². The predicted molar refractivity (Wildman–Crippen MR) is 143 cm³/mol. The predicted octanol–water partition coefficient (Wildman–Crippen LogP) is 3.50. The van der Waals surface area contributed by atoms with E-state index in [0.717, 1.165) is 37.9 Å². The van der Waals surface area contributed by atoms with Crippen LogP contribution in [0.5, 0.6) is 0 Å². The van der Waals surface area contributed by atoms with E-state index in [1.807, 2.05) is 47.4 Å². The van der Waals surface area contributed by atoms with Crippen LogP contribution in [0.2, 0.25) is 0 Å². The van der Waals surface area contributed by atoms with Crippen LogP contribution in [0.4, 0.5) is 0 Å². The third kappa shape index (κ3) is 7.90. The van der Waals surface area contributed by atoms with Gasteiger partial charge in [0, 0.05) is 50.5 Å². The van der Waals surface area contributed by atoms with E-state index in [-0.39, 0.29) is 11.8 Å². The number of carbonyl (C=O) groups is 2. The molecule has 2 aromatic rings. The summed E-state index contributed by atoms with van der Waals surface area (Å²) in [4.78, 5) is 31.9. The Labute approximate surface area is 216 Å². The summed E-state index contributed by atoms with van der Waals surface area (Å²) in [5.41, 5.74) is 1.79. The summed E-state index contributed by atoms with van der Waals surface area (Å²) >= 11 is 0. The van der Waals surface area contributed by atoms with Crippen molar-refractivity contribution in [2.45, 2.75) is 50.5 Å². The average Bonchev–Trinajstić information content (AvgIpc) is 3.05. The van der Waals surface area contributed by atoms with Crippen molar-refractivity contribution < 1.29 is 18.0 Å². The molecule has 1 heterocycles. The minimum atomic E-state index is -3.18. The Morgan fingerprint density at radius 2 is 1.69 bits per heavy atom. The molecule has 1 unspecified atom stereocenters. The van der Waals surface area contributed by atoms with Gasteiger partial charge in [0.05, 0.1) is 4.90 Å². The lowest BCUT2D eigenvalue weighted by molar-refractivity contribution is -0.130. The highest BCUT2D eigenvalue weighted by Crippen LogP contribution is 2.15. The first-order valence-corrected chi connectivity index (χ1v) is 14.7. The molecular formula is C28H39N3O4S. The molecule has 1 fully saturated rings. The van der Waals surface area contributed by atoms with Crippen molar-refractivity contribution in [2.75, 3.05) is 45.5 Å². The van der Waals surface area contributed by atoms with Crippen molar-refractivity contribution in [3.63, 3.8) is 0 Å². The van der Waals surface area contributed by atoms with Crippen molar-refractivity contribution in [3.8, 4) is 0 Å². The van der Waals surface area contributed by atoms with Crippen molar-refractivity contribution in [2.24, 2.45) is 0 Å². The van der Waals surface area contributed by atoms with Gasteiger partial charge in [-0.2, -0.15) is 0 Å². The highest BCUT2D eigenvalue weighted by atomic mass is 32.2. The van der Waals surface area contributed by atoms with Crippen molar-refractivity contribution in [3.05, 3.63) is 65.7 Å². The second-order valence-electron chi connectivity index (χ2n) is 9.59. The highest BCUT2D eigenvalue weighted by Gasteiger charge is 2.24. The van der Waals surface area contributed by atoms with Crippen molar-refractivity contribution in [1.82, 2.24) is 14.7 Å². The van der Waals surface area contributed by atoms with Gasteiger partial charge in [-0.3, -0.25) is 9.59 Å². The van der Waals surface area contributed by atoms with Crippen molar-refractivity contribution in [1.29, 1.82) is 0 Å². The number of nitrogens with zero attached hydrogens (tertiary/aromatic N) is 3. The van der Waals surface area contributed by atoms with Crippen LogP contribution in [0.1, 0.15) is 49.0 Å². The van der Waals surface area contributed by atoms with Gasteiger partial charge in [-0.15, -0.1) is 0 Å². The maximum atomic E-state index is 12.8. The van der Waals surface area contributed by atoms with Crippen LogP contribution in [0, 0.1) is 0 Å². The van der Waals surface area contributed by atoms with Gasteiger partial charge in [0.1, 0.15) is 0 Å². The van der Waals surface area contributed by atoms with E-state index in [2.05, 4.69) is 18.7 Å². The summed E-state index contributed by atoms with van der Waals surface area (Å²) in [6.45, 7) is 8.55. The van der Waals surface area contributed by atoms with Gasteiger partial charge in [-0.1, -0.05) is 37.3 Å². The maximum Gasteiger partial charge on any atom is 0.253 e. The molecule has 1 aliphatic rings. The van der Waals surface area contributed by atoms with Gasteiger partial charge in [-0.25, -0.2) is 8.42 Å². The minimum Gasteiger partial charge on any atom is -0.341 e. The standard InChI is InChI=1S/C28H39N3O4S/c1-4-29(23(2)22-24-12-14-26(15-13-24)36(3,34)35)17-8-9-18-30-20-21-31(19-16-27(30)32)28(33)25-10-6-5-7-11-25/h5-7,10-15,23H,4,8-9,16-22H2,1-3H3. The monoisotopic (exact) mass is 513 g/mol. The van der Waals surface area contributed by atoms with E-state index in [4.69, 9.17) is 0 Å². The van der Waals surface area contributed by atoms with Crippen LogP contribution in [0.3, 0.4) is 0 Å². The van der Waals surface area contributed by atoms with E-state index < -0.39 is 9.84 Å². The van der Waals surface area contributed by atoms with Crippen LogP contribution in [-0.2, 0) is 21.1 Å². The molecule has 1 aliphatic heterocycles. The first kappa shape index (κ1) is 27.9. The maximum absolute atomic E-state index is 12.8. The molecule has 8 heteroatoms. The SMILES string of the molecule is CCN(CCCCN1CCN(C(=O)c2ccccc2)CCC1=O)C(C)Cc1ccc(S(C)(=O)=O)cc1. The molecule has 0 saturated carbocycles. The first-order valence-electron chi connectivity index (χ1n) is 12.8. The molecule has 0 N–H and O–H groups in total. The largest absolute Gasteiger partial charge is 0.341 e. The molecule has 36 heavy (non-hydrogen) atoms. The molecule has 0 bridgehead atoms. The van der Waals surface area contributed by atoms with Gasteiger partial charge < -0.3 is 14.7 Å². The number of hydrogen-bond acceptors (Lipinski definition) is 5. The Morgan fingerprint density at radius 1 is 1.00 bits per heavy atom. The third-order valence-corrected chi connectivity index (χ3v) is 8.06. The summed E-state index contributed by atoms with van der Waals surface area (Å²) in [7, 11) is -3.18. The Morgan fingerprint density at radius 3 is 2.33 bits per heavy atom. The molecule has 0 aliphatic carbocycles. The van der Waals surface area contributed by atoms with Gasteiger partial charge >= 0.3 is 0 Å². The zero-order chi connectivity index (χ0) is 26.1. The Hall–Kier alpha value is -2.71. The van der Waals surface area contributed by atoms with Crippen LogP contribution < -0.4 is 0 Å². The van der Waals surface area contributed by atoms with Crippen LogP contribution in [0.25, 0.3) is 0 Å². The molecule has 196 valence electrons. The topological polar surface area (TPSA) is 78.0 Å². The van der Waals surface area contributed by atoms with Gasteiger partial charge in [0.15, 0.2) is 9.84 Å². The fourth-order valence-electron chi connectivity index (χ4n) is 4.72. The lowest BCUT2D eigenvalue weighted by Gasteiger charge is -2.28. The number of sulfone groups is 1. The molecule has 0 aromatic heterocycles. The Balaban J connectivity index is 1.43. The third-order valence-electron chi connectivity index (χ3n) is 6.93. The average molecular weight is 514 g/mol. The molecule has 3 rings (SSSR count). The molecule has 2 aromatic carbocycles. The summed E-state index contributed by atoms with van der Waals surface area (Å²) in [5, 5.41) is 0. The molecule has 7 nitrogen and oxygen atoms in total. The zero-order valence-electron chi connectivity index (χ0n) is 21.7. The smallest absolute Gasteiger partial charge is 0.253 e. The highest BCUT2D eigenvalue weighted by molar-refractivity contribution is 7.90. The second-order valence-corrected chi connectivity index (χ2v) is 11.6. The summed E-state index contributed by atoms with van der Waals surface area (Å²) in [5.74, 6) is 0.111. The number of likely N-dealkylation sites (N-methyl/N-ethyl adjacent to an activating group) is 1. The number of rotatable bonds is 11. The normalized spacial score (nSPS) is 15.7. The number of amides is 2. The van der Waals surface area contributed by atoms with E-state index in [0.29, 0.717) is 49.1 Å². The van der Waals surface area contributed by atoms with E-state index in [9.17, 15) is 18.0 Å².